The van der Waals surface area contributed by atoms with E-state index in [-0.39, 0.29) is 23.7 Å². The number of ether oxygens (including phenoxy) is 1. The Bertz CT molecular complexity index is 834. The summed E-state index contributed by atoms with van der Waals surface area (Å²) in [7, 11) is 1.88. The highest BCUT2D eigenvalue weighted by atomic mass is 16.5. The molecule has 0 aliphatic heterocycles. The SMILES string of the molecule is CC.CCOC(CNC)C(C)n1cc(C(/C=C(\N)c2ccccc2O)=C(N)N)cn1. The lowest BCUT2D eigenvalue weighted by Crippen LogP contribution is -2.34. The van der Waals surface area contributed by atoms with Crippen molar-refractivity contribution in [2.75, 3.05) is 20.2 Å². The van der Waals surface area contributed by atoms with E-state index in [0.29, 0.717) is 30.0 Å². The lowest BCUT2D eigenvalue weighted by atomic mass is 10.0. The van der Waals surface area contributed by atoms with Crippen molar-refractivity contribution < 1.29 is 9.84 Å². The van der Waals surface area contributed by atoms with E-state index in [1.807, 2.05) is 45.6 Å². The minimum atomic E-state index is -0.0349. The highest BCUT2D eigenvalue weighted by molar-refractivity contribution is 5.84. The van der Waals surface area contributed by atoms with E-state index in [2.05, 4.69) is 10.4 Å². The second-order valence-corrected chi connectivity index (χ2v) is 6.49. The van der Waals surface area contributed by atoms with Crippen LogP contribution in [0.2, 0.25) is 0 Å². The van der Waals surface area contributed by atoms with Crippen molar-refractivity contribution in [2.24, 2.45) is 17.2 Å². The molecule has 2 unspecified atom stereocenters. The number of nitrogens with zero attached hydrogens (tertiary/aromatic N) is 2. The fraction of sp³-hybridized carbons (Fsp3) is 0.409. The number of para-hydroxylation sites is 1. The highest BCUT2D eigenvalue weighted by Crippen LogP contribution is 2.26. The van der Waals surface area contributed by atoms with Crippen molar-refractivity contribution in [3.63, 3.8) is 0 Å². The van der Waals surface area contributed by atoms with Crippen LogP contribution >= 0.6 is 0 Å². The first-order valence-corrected chi connectivity index (χ1v) is 10.2. The van der Waals surface area contributed by atoms with Crippen LogP contribution in [-0.2, 0) is 4.74 Å². The summed E-state index contributed by atoms with van der Waals surface area (Å²) in [6, 6.07) is 6.81. The maximum Gasteiger partial charge on any atom is 0.124 e. The van der Waals surface area contributed by atoms with Crippen LogP contribution in [0.3, 0.4) is 0 Å². The monoisotopic (exact) mass is 416 g/mol. The summed E-state index contributed by atoms with van der Waals surface area (Å²) in [6.07, 6.45) is 5.15. The van der Waals surface area contributed by atoms with Crippen molar-refractivity contribution >= 4 is 11.3 Å². The van der Waals surface area contributed by atoms with Crippen LogP contribution in [0, 0.1) is 0 Å². The second kappa shape index (κ2) is 12.6. The van der Waals surface area contributed by atoms with Crippen molar-refractivity contribution in [3.8, 4) is 5.75 Å². The first-order chi connectivity index (χ1) is 14.4. The van der Waals surface area contributed by atoms with Gasteiger partial charge in [-0.3, -0.25) is 4.68 Å². The predicted octanol–water partition coefficient (Wildman–Crippen LogP) is 2.39. The van der Waals surface area contributed by atoms with Gasteiger partial charge in [-0.2, -0.15) is 5.10 Å². The Labute approximate surface area is 179 Å². The van der Waals surface area contributed by atoms with Gasteiger partial charge in [0, 0.05) is 41.7 Å². The van der Waals surface area contributed by atoms with Gasteiger partial charge in [-0.05, 0) is 39.1 Å². The summed E-state index contributed by atoms with van der Waals surface area (Å²) >= 11 is 0. The van der Waals surface area contributed by atoms with Gasteiger partial charge in [-0.25, -0.2) is 0 Å². The number of aromatic hydroxyl groups is 1. The molecule has 2 rings (SSSR count). The molecule has 0 spiro atoms. The lowest BCUT2D eigenvalue weighted by molar-refractivity contribution is 0.0275. The number of phenols is 1. The van der Waals surface area contributed by atoms with Crippen LogP contribution in [-0.4, -0.2) is 41.2 Å². The van der Waals surface area contributed by atoms with Gasteiger partial charge < -0.3 is 32.4 Å². The van der Waals surface area contributed by atoms with Crippen LogP contribution < -0.4 is 22.5 Å². The summed E-state index contributed by atoms with van der Waals surface area (Å²) in [5.74, 6) is 0.198. The normalized spacial score (nSPS) is 13.2. The van der Waals surface area contributed by atoms with E-state index in [0.717, 1.165) is 5.56 Å². The number of hydrogen-bond acceptors (Lipinski definition) is 7. The van der Waals surface area contributed by atoms with Crippen molar-refractivity contribution in [2.45, 2.75) is 39.8 Å². The molecule has 0 radical (unpaired) electrons. The Morgan fingerprint density at radius 1 is 1.27 bits per heavy atom. The third kappa shape index (κ3) is 6.53. The number of allylic oxidation sites excluding steroid dienone is 2. The molecule has 0 saturated heterocycles. The van der Waals surface area contributed by atoms with E-state index in [1.165, 1.54) is 0 Å². The maximum atomic E-state index is 10.0. The molecule has 0 aliphatic carbocycles. The molecule has 0 amide bonds. The van der Waals surface area contributed by atoms with Gasteiger partial charge in [-0.15, -0.1) is 0 Å². The smallest absolute Gasteiger partial charge is 0.124 e. The topological polar surface area (TPSA) is 137 Å². The summed E-state index contributed by atoms with van der Waals surface area (Å²) in [5, 5.41) is 17.6. The van der Waals surface area contributed by atoms with Crippen molar-refractivity contribution in [3.05, 3.63) is 59.7 Å². The van der Waals surface area contributed by atoms with Crippen LogP contribution in [0.5, 0.6) is 5.75 Å². The van der Waals surface area contributed by atoms with Crippen molar-refractivity contribution in [1.82, 2.24) is 15.1 Å². The Hall–Kier alpha value is -2.97. The average molecular weight is 417 g/mol. The zero-order valence-corrected chi connectivity index (χ0v) is 18.6. The van der Waals surface area contributed by atoms with Gasteiger partial charge in [0.05, 0.1) is 18.3 Å². The summed E-state index contributed by atoms with van der Waals surface area (Å²) < 4.78 is 7.63. The van der Waals surface area contributed by atoms with Gasteiger partial charge in [0.15, 0.2) is 0 Å². The molecule has 0 bridgehead atoms. The minimum Gasteiger partial charge on any atom is -0.507 e. The number of nitrogens with one attached hydrogen (secondary N) is 1. The predicted molar refractivity (Wildman–Crippen MR) is 123 cm³/mol. The zero-order chi connectivity index (χ0) is 22.7. The quantitative estimate of drug-likeness (QED) is 0.396. The van der Waals surface area contributed by atoms with E-state index in [9.17, 15) is 5.11 Å². The third-order valence-electron chi connectivity index (χ3n) is 4.48. The Balaban J connectivity index is 0.00000218. The molecule has 166 valence electrons. The van der Waals surface area contributed by atoms with E-state index in [4.69, 9.17) is 21.9 Å². The summed E-state index contributed by atoms with van der Waals surface area (Å²) in [5.41, 5.74) is 20.1. The highest BCUT2D eigenvalue weighted by Gasteiger charge is 2.20. The molecule has 1 aromatic heterocycles. The lowest BCUT2D eigenvalue weighted by Gasteiger charge is -2.24. The number of nitrogens with two attached hydrogens (primary N) is 3. The Morgan fingerprint density at radius 2 is 1.93 bits per heavy atom. The third-order valence-corrected chi connectivity index (χ3v) is 4.48. The molecule has 30 heavy (non-hydrogen) atoms. The van der Waals surface area contributed by atoms with Gasteiger partial charge in [0.25, 0.3) is 0 Å². The number of rotatable bonds is 9. The molecule has 2 atom stereocenters. The zero-order valence-electron chi connectivity index (χ0n) is 18.6. The van der Waals surface area contributed by atoms with E-state index >= 15 is 0 Å². The summed E-state index contributed by atoms with van der Waals surface area (Å²) in [4.78, 5) is 0. The molecule has 8 N–H and O–H groups in total. The van der Waals surface area contributed by atoms with Gasteiger partial charge in [0.2, 0.25) is 0 Å². The Morgan fingerprint density at radius 3 is 2.50 bits per heavy atom. The number of aromatic nitrogens is 2. The Kier molecular flexibility index (Phi) is 10.5. The molecule has 1 aromatic carbocycles. The maximum absolute atomic E-state index is 10.0. The molecular formula is C22H36N6O2. The van der Waals surface area contributed by atoms with E-state index in [1.54, 1.807) is 36.5 Å². The van der Waals surface area contributed by atoms with Gasteiger partial charge >= 0.3 is 0 Å². The number of hydrogen-bond donors (Lipinski definition) is 5. The largest absolute Gasteiger partial charge is 0.507 e. The molecule has 0 aliphatic rings. The summed E-state index contributed by atoms with van der Waals surface area (Å²) in [6.45, 7) is 9.32. The van der Waals surface area contributed by atoms with Gasteiger partial charge in [-0.1, -0.05) is 26.0 Å². The van der Waals surface area contributed by atoms with Crippen LogP contribution in [0.25, 0.3) is 11.3 Å². The molecule has 2 aromatic rings. The number of likely N-dealkylation sites (N-methyl/N-ethyl adjacent to an activating group) is 1. The minimum absolute atomic E-state index is 0.000827. The fourth-order valence-electron chi connectivity index (χ4n) is 2.94. The van der Waals surface area contributed by atoms with Crippen LogP contribution in [0.4, 0.5) is 0 Å². The van der Waals surface area contributed by atoms with Crippen molar-refractivity contribution in [1.29, 1.82) is 0 Å². The fourth-order valence-corrected chi connectivity index (χ4v) is 2.94. The standard InChI is InChI=1S/C20H30N6O2.C2H6/c1-4-28-19(11-24-3)13(2)26-12-14(10-25-26)16(20(22)23)9-17(21)15-7-5-6-8-18(15)27;1-2/h5-10,12-13,19,24,27H,4,11,21-23H2,1-3H3;1-2H3/b17-9-;. The molecule has 8 nitrogen and oxygen atoms in total. The average Bonchev–Trinajstić information content (AvgIpc) is 3.22. The van der Waals surface area contributed by atoms with Gasteiger partial charge in [0.1, 0.15) is 11.6 Å². The van der Waals surface area contributed by atoms with E-state index < -0.39 is 0 Å². The second-order valence-electron chi connectivity index (χ2n) is 6.49. The molecule has 0 fully saturated rings. The van der Waals surface area contributed by atoms with Crippen LogP contribution in [0.1, 0.15) is 44.9 Å². The molecule has 8 heteroatoms. The molecule has 0 saturated carbocycles. The number of benzene rings is 1. The molecular weight excluding hydrogens is 380 g/mol. The first kappa shape index (κ1) is 25.1. The number of phenolic OH excluding ortho intramolecular Hbond substituents is 1. The molecule has 1 heterocycles. The van der Waals surface area contributed by atoms with Crippen LogP contribution in [0.15, 0.2) is 48.6 Å². The first-order valence-electron chi connectivity index (χ1n) is 10.2.